The van der Waals surface area contributed by atoms with Gasteiger partial charge in [-0.25, -0.2) is 9.97 Å². The summed E-state index contributed by atoms with van der Waals surface area (Å²) in [6.07, 6.45) is 2.32. The molecule has 6 heteroatoms. The van der Waals surface area contributed by atoms with Gasteiger partial charge in [-0.05, 0) is 37.5 Å². The Morgan fingerprint density at radius 3 is 2.79 bits per heavy atom. The molecule has 1 saturated heterocycles. The third kappa shape index (κ3) is 3.67. The number of likely N-dealkylation sites (tertiary alicyclic amines) is 1. The minimum Gasteiger partial charge on any atom is -0.373 e. The molecule has 126 valence electrons. The zero-order valence-corrected chi connectivity index (χ0v) is 14.7. The SMILES string of the molecule is CNc1cc([C@@H]2CCCN2C(=O)Cc2ccc(Cl)cc2)nc(C)n1. The van der Waals surface area contributed by atoms with Crippen molar-refractivity contribution < 1.29 is 4.79 Å². The highest BCUT2D eigenvalue weighted by molar-refractivity contribution is 6.30. The Kier molecular flexibility index (Phi) is 5.00. The number of hydrogen-bond acceptors (Lipinski definition) is 4. The van der Waals surface area contributed by atoms with E-state index >= 15 is 0 Å². The van der Waals surface area contributed by atoms with Gasteiger partial charge in [-0.2, -0.15) is 0 Å². The number of aromatic nitrogens is 2. The van der Waals surface area contributed by atoms with Gasteiger partial charge in [0, 0.05) is 24.7 Å². The number of hydrogen-bond donors (Lipinski definition) is 1. The molecule has 1 fully saturated rings. The molecule has 0 radical (unpaired) electrons. The zero-order valence-electron chi connectivity index (χ0n) is 13.9. The van der Waals surface area contributed by atoms with Crippen LogP contribution in [0.2, 0.25) is 5.02 Å². The second-order valence-corrected chi connectivity index (χ2v) is 6.46. The van der Waals surface area contributed by atoms with Gasteiger partial charge in [0.1, 0.15) is 11.6 Å². The van der Waals surface area contributed by atoms with Crippen LogP contribution >= 0.6 is 11.6 Å². The number of nitrogens with one attached hydrogen (secondary N) is 1. The van der Waals surface area contributed by atoms with Crippen LogP contribution in [-0.4, -0.2) is 34.4 Å². The molecule has 1 aliphatic heterocycles. The Bertz CT molecular complexity index is 732. The second-order valence-electron chi connectivity index (χ2n) is 6.02. The fourth-order valence-corrected chi connectivity index (χ4v) is 3.27. The summed E-state index contributed by atoms with van der Waals surface area (Å²) in [4.78, 5) is 23.6. The number of aryl methyl sites for hydroxylation is 1. The highest BCUT2D eigenvalue weighted by Gasteiger charge is 2.31. The van der Waals surface area contributed by atoms with Crippen molar-refractivity contribution in [2.24, 2.45) is 0 Å². The van der Waals surface area contributed by atoms with Crippen LogP contribution in [0.15, 0.2) is 30.3 Å². The Morgan fingerprint density at radius 2 is 2.08 bits per heavy atom. The Labute approximate surface area is 147 Å². The summed E-state index contributed by atoms with van der Waals surface area (Å²) in [5.74, 6) is 1.63. The van der Waals surface area contributed by atoms with Crippen LogP contribution in [0.4, 0.5) is 5.82 Å². The summed E-state index contributed by atoms with van der Waals surface area (Å²) >= 11 is 5.91. The second kappa shape index (κ2) is 7.18. The van der Waals surface area contributed by atoms with E-state index in [9.17, 15) is 4.79 Å². The monoisotopic (exact) mass is 344 g/mol. The molecule has 1 aliphatic rings. The third-order valence-corrected chi connectivity index (χ3v) is 4.55. The van der Waals surface area contributed by atoms with Crippen LogP contribution in [0.3, 0.4) is 0 Å². The van der Waals surface area contributed by atoms with Gasteiger partial charge in [0.05, 0.1) is 18.2 Å². The van der Waals surface area contributed by atoms with Gasteiger partial charge in [-0.3, -0.25) is 4.79 Å². The number of rotatable bonds is 4. The highest BCUT2D eigenvalue weighted by atomic mass is 35.5. The lowest BCUT2D eigenvalue weighted by molar-refractivity contribution is -0.131. The number of nitrogens with zero attached hydrogens (tertiary/aromatic N) is 3. The standard InChI is InChI=1S/C18H21ClN4O/c1-12-21-15(11-17(20-2)22-12)16-4-3-9-23(16)18(24)10-13-5-7-14(19)8-6-13/h5-8,11,16H,3-4,9-10H2,1-2H3,(H,20,21,22)/t16-/m0/s1. The number of carbonyl (C=O) groups excluding carboxylic acids is 1. The van der Waals surface area contributed by atoms with E-state index in [2.05, 4.69) is 15.3 Å². The Balaban J connectivity index is 1.78. The predicted molar refractivity (Wildman–Crippen MR) is 95.2 cm³/mol. The smallest absolute Gasteiger partial charge is 0.227 e. The van der Waals surface area contributed by atoms with Gasteiger partial charge in [-0.1, -0.05) is 23.7 Å². The molecule has 24 heavy (non-hydrogen) atoms. The lowest BCUT2D eigenvalue weighted by Gasteiger charge is -2.25. The zero-order chi connectivity index (χ0) is 17.1. The maximum Gasteiger partial charge on any atom is 0.227 e. The van der Waals surface area contributed by atoms with E-state index < -0.39 is 0 Å². The predicted octanol–water partition coefficient (Wildman–Crippen LogP) is 3.39. The van der Waals surface area contributed by atoms with Crippen LogP contribution in [-0.2, 0) is 11.2 Å². The van der Waals surface area contributed by atoms with Gasteiger partial charge in [0.25, 0.3) is 0 Å². The average molecular weight is 345 g/mol. The molecule has 2 aromatic rings. The molecule has 3 rings (SSSR count). The molecule has 0 saturated carbocycles. The van der Waals surface area contributed by atoms with Gasteiger partial charge in [0.15, 0.2) is 0 Å². The average Bonchev–Trinajstić information content (AvgIpc) is 3.06. The molecule has 1 amide bonds. The Hall–Kier alpha value is -2.14. The van der Waals surface area contributed by atoms with Gasteiger partial charge in [-0.15, -0.1) is 0 Å². The van der Waals surface area contributed by atoms with Crippen molar-refractivity contribution in [2.75, 3.05) is 18.9 Å². The maximum atomic E-state index is 12.8. The molecule has 0 unspecified atom stereocenters. The quantitative estimate of drug-likeness (QED) is 0.923. The molecule has 1 aromatic carbocycles. The molecule has 0 bridgehead atoms. The first-order chi connectivity index (χ1) is 11.6. The molecule has 0 aliphatic carbocycles. The number of anilines is 1. The molecular weight excluding hydrogens is 324 g/mol. The lowest BCUT2D eigenvalue weighted by Crippen LogP contribution is -2.32. The summed E-state index contributed by atoms with van der Waals surface area (Å²) in [5, 5.41) is 3.74. The van der Waals surface area contributed by atoms with E-state index in [0.717, 1.165) is 36.5 Å². The molecule has 2 heterocycles. The summed E-state index contributed by atoms with van der Waals surface area (Å²) in [7, 11) is 1.84. The van der Waals surface area contributed by atoms with Crippen LogP contribution in [0.25, 0.3) is 0 Å². The number of benzene rings is 1. The molecule has 1 aromatic heterocycles. The van der Waals surface area contributed by atoms with Crippen molar-refractivity contribution >= 4 is 23.3 Å². The first kappa shape index (κ1) is 16.7. The van der Waals surface area contributed by atoms with Crippen molar-refractivity contribution in [1.82, 2.24) is 14.9 Å². The van der Waals surface area contributed by atoms with Crippen LogP contribution in [0.5, 0.6) is 0 Å². The van der Waals surface area contributed by atoms with E-state index in [1.54, 1.807) is 0 Å². The lowest BCUT2D eigenvalue weighted by atomic mass is 10.1. The number of carbonyl (C=O) groups is 1. The van der Waals surface area contributed by atoms with Crippen molar-refractivity contribution in [2.45, 2.75) is 32.2 Å². The first-order valence-corrected chi connectivity index (χ1v) is 8.52. The normalized spacial score (nSPS) is 17.1. The topological polar surface area (TPSA) is 58.1 Å². The third-order valence-electron chi connectivity index (χ3n) is 4.30. The number of amides is 1. The molecule has 1 atom stereocenters. The largest absolute Gasteiger partial charge is 0.373 e. The van der Waals surface area contributed by atoms with Crippen molar-refractivity contribution in [3.05, 3.63) is 52.4 Å². The van der Waals surface area contributed by atoms with Crippen LogP contribution in [0.1, 0.15) is 36.0 Å². The summed E-state index contributed by atoms with van der Waals surface area (Å²) in [6.45, 7) is 2.65. The van der Waals surface area contributed by atoms with Gasteiger partial charge in [0.2, 0.25) is 5.91 Å². The van der Waals surface area contributed by atoms with E-state index in [0.29, 0.717) is 17.3 Å². The fourth-order valence-electron chi connectivity index (χ4n) is 3.14. The minimum absolute atomic E-state index is 0.0265. The van der Waals surface area contributed by atoms with Crippen molar-refractivity contribution in [3.8, 4) is 0 Å². The van der Waals surface area contributed by atoms with E-state index in [1.807, 2.05) is 49.2 Å². The van der Waals surface area contributed by atoms with Crippen LogP contribution in [0, 0.1) is 6.92 Å². The highest BCUT2D eigenvalue weighted by Crippen LogP contribution is 2.32. The minimum atomic E-state index is 0.0265. The summed E-state index contributed by atoms with van der Waals surface area (Å²) in [5.41, 5.74) is 1.89. The van der Waals surface area contributed by atoms with Crippen molar-refractivity contribution in [3.63, 3.8) is 0 Å². The first-order valence-electron chi connectivity index (χ1n) is 8.14. The molecule has 1 N–H and O–H groups in total. The molecule has 5 nitrogen and oxygen atoms in total. The summed E-state index contributed by atoms with van der Waals surface area (Å²) in [6, 6.07) is 9.40. The van der Waals surface area contributed by atoms with E-state index in [1.165, 1.54) is 0 Å². The van der Waals surface area contributed by atoms with Gasteiger partial charge < -0.3 is 10.2 Å². The van der Waals surface area contributed by atoms with Gasteiger partial charge >= 0.3 is 0 Å². The molecule has 0 spiro atoms. The Morgan fingerprint density at radius 1 is 1.33 bits per heavy atom. The van der Waals surface area contributed by atoms with E-state index in [-0.39, 0.29) is 11.9 Å². The van der Waals surface area contributed by atoms with Crippen LogP contribution < -0.4 is 5.32 Å². The fraction of sp³-hybridized carbons (Fsp3) is 0.389. The number of halogens is 1. The van der Waals surface area contributed by atoms with Crippen molar-refractivity contribution in [1.29, 1.82) is 0 Å². The molecular formula is C18H21ClN4O. The summed E-state index contributed by atoms with van der Waals surface area (Å²) < 4.78 is 0. The van der Waals surface area contributed by atoms with E-state index in [4.69, 9.17) is 11.6 Å². The maximum absolute atomic E-state index is 12.8.